The Morgan fingerprint density at radius 1 is 0.538 bits per heavy atom. The van der Waals surface area contributed by atoms with Crippen molar-refractivity contribution in [2.24, 2.45) is 0 Å². The van der Waals surface area contributed by atoms with Gasteiger partial charge in [0.05, 0.1) is 0 Å². The molecule has 0 spiro atoms. The minimum atomic E-state index is 0. The van der Waals surface area contributed by atoms with Gasteiger partial charge in [0.1, 0.15) is 5.82 Å². The van der Waals surface area contributed by atoms with Gasteiger partial charge in [-0.15, -0.1) is 48.1 Å². The van der Waals surface area contributed by atoms with Gasteiger partial charge >= 0.3 is 0 Å². The van der Waals surface area contributed by atoms with Crippen molar-refractivity contribution >= 4 is 44.6 Å². The van der Waals surface area contributed by atoms with E-state index in [0.29, 0.717) is 11.5 Å². The summed E-state index contributed by atoms with van der Waals surface area (Å²) < 4.78 is 8.85. The first kappa shape index (κ1) is 41.8. The number of aromatic nitrogens is 2. The van der Waals surface area contributed by atoms with Crippen molar-refractivity contribution in [2.75, 3.05) is 9.80 Å². The van der Waals surface area contributed by atoms with Gasteiger partial charge in [0.15, 0.2) is 0 Å². The number of pyridine rings is 1. The summed E-state index contributed by atoms with van der Waals surface area (Å²) in [6.07, 6.45) is 1.97. The van der Waals surface area contributed by atoms with E-state index in [9.17, 15) is 0 Å². The molecular formula is C59H45N4OPt-3. The molecular weight excluding hydrogens is 976 g/mol. The zero-order valence-corrected chi connectivity index (χ0v) is 38.8. The van der Waals surface area contributed by atoms with Crippen molar-refractivity contribution in [1.29, 1.82) is 0 Å². The summed E-state index contributed by atoms with van der Waals surface area (Å²) in [5.74, 6) is 2.01. The number of aryl methyl sites for hydroxylation is 1. The van der Waals surface area contributed by atoms with Crippen molar-refractivity contribution in [3.8, 4) is 50.7 Å². The number of hydrogen-bond acceptors (Lipinski definition) is 4. The minimum absolute atomic E-state index is 0. The van der Waals surface area contributed by atoms with Crippen LogP contribution in [0, 0.1) is 25.7 Å². The number of fused-ring (bicyclic) bond motifs is 4. The first-order chi connectivity index (χ1) is 31.3. The van der Waals surface area contributed by atoms with E-state index in [1.807, 2.05) is 30.5 Å². The van der Waals surface area contributed by atoms with E-state index in [0.717, 1.165) is 89.3 Å². The molecule has 0 saturated carbocycles. The second kappa shape index (κ2) is 17.1. The quantitative estimate of drug-likeness (QED) is 0.142. The van der Waals surface area contributed by atoms with E-state index in [1.165, 1.54) is 5.56 Å². The molecule has 2 aromatic heterocycles. The third-order valence-electron chi connectivity index (χ3n) is 12.3. The molecule has 3 heterocycles. The number of rotatable bonds is 8. The molecule has 65 heavy (non-hydrogen) atoms. The Bertz CT molecular complexity index is 3340. The second-order valence-corrected chi connectivity index (χ2v) is 17.4. The Labute approximate surface area is 395 Å². The number of nitrogens with zero attached hydrogens (tertiary/aromatic N) is 4. The van der Waals surface area contributed by atoms with Crippen LogP contribution in [0.4, 0.5) is 22.7 Å². The maximum atomic E-state index is 6.66. The average Bonchev–Trinajstić information content (AvgIpc) is 3.88. The molecule has 0 fully saturated rings. The molecule has 10 aromatic rings. The normalized spacial score (nSPS) is 12.4. The molecule has 8 aromatic carbocycles. The van der Waals surface area contributed by atoms with Crippen LogP contribution in [0.25, 0.3) is 61.0 Å². The summed E-state index contributed by atoms with van der Waals surface area (Å²) in [7, 11) is 0. The SMILES string of the molecule is Cc1cc(-n2c3[c-]c(Oc4[c-]c(N5[CH-]N(c6c(-c7ccccc7)cccc6-c6ccc(C(C)(C)C)cc6)c6ccccc65)ccc4)ccc3c3ccccc32)ncc1-c1ccccc1.[Pt]. The van der Waals surface area contributed by atoms with E-state index in [-0.39, 0.29) is 26.5 Å². The number of hydrogen-bond donors (Lipinski definition) is 0. The molecule has 1 aliphatic heterocycles. The minimum Gasteiger partial charge on any atom is -0.509 e. The average molecular weight is 1020 g/mol. The second-order valence-electron chi connectivity index (χ2n) is 17.4. The standard InChI is InChI=1S/C59H45N4O.Pt/c1-40-35-57(60-38-52(40)42-19-9-6-10-20-42)63-53-26-12-11-23-50(53)51-34-33-47(37-56(51)63)64-46-22-15-21-45(36-46)61-39-62(55-28-14-13-27-54(55)61)58-48(41-17-7-5-8-18-41)24-16-25-49(58)43-29-31-44(32-30-43)59(2,3)4;/h5-35,38-39H,1-4H3;/q-3;. The monoisotopic (exact) mass is 1020 g/mol. The van der Waals surface area contributed by atoms with E-state index < -0.39 is 0 Å². The fraction of sp³-hybridized carbons (Fsp3) is 0.0847. The fourth-order valence-electron chi connectivity index (χ4n) is 9.03. The smallest absolute Gasteiger partial charge is 0.135 e. The van der Waals surface area contributed by atoms with Crippen molar-refractivity contribution in [1.82, 2.24) is 9.55 Å². The summed E-state index contributed by atoms with van der Waals surface area (Å²) in [5, 5.41) is 2.21. The molecule has 0 N–H and O–H groups in total. The summed E-state index contributed by atoms with van der Waals surface area (Å²) in [6.45, 7) is 11.1. The van der Waals surface area contributed by atoms with Crippen LogP contribution in [0.3, 0.4) is 0 Å². The zero-order chi connectivity index (χ0) is 43.4. The number of para-hydroxylation sites is 4. The van der Waals surface area contributed by atoms with Gasteiger partial charge in [-0.05, 0) is 69.8 Å². The molecule has 6 heteroatoms. The molecule has 0 saturated heterocycles. The van der Waals surface area contributed by atoms with E-state index in [4.69, 9.17) is 9.72 Å². The van der Waals surface area contributed by atoms with Gasteiger partial charge in [-0.25, -0.2) is 4.98 Å². The van der Waals surface area contributed by atoms with E-state index >= 15 is 0 Å². The van der Waals surface area contributed by atoms with Crippen molar-refractivity contribution in [2.45, 2.75) is 33.1 Å². The maximum Gasteiger partial charge on any atom is 0.135 e. The molecule has 11 rings (SSSR count). The first-order valence-corrected chi connectivity index (χ1v) is 21.8. The van der Waals surface area contributed by atoms with Crippen LogP contribution in [0.2, 0.25) is 0 Å². The van der Waals surface area contributed by atoms with Crippen LogP contribution in [-0.2, 0) is 26.5 Å². The van der Waals surface area contributed by atoms with Crippen LogP contribution in [0.15, 0.2) is 194 Å². The maximum absolute atomic E-state index is 6.66. The molecule has 5 nitrogen and oxygen atoms in total. The summed E-state index contributed by atoms with van der Waals surface area (Å²) >= 11 is 0. The van der Waals surface area contributed by atoms with Crippen LogP contribution < -0.4 is 14.5 Å². The predicted molar refractivity (Wildman–Crippen MR) is 264 cm³/mol. The molecule has 0 amide bonds. The van der Waals surface area contributed by atoms with Crippen molar-refractivity contribution < 1.29 is 25.8 Å². The van der Waals surface area contributed by atoms with Crippen molar-refractivity contribution in [3.05, 3.63) is 224 Å². The Balaban J connectivity index is 0.00000498. The van der Waals surface area contributed by atoms with Gasteiger partial charge in [-0.2, -0.15) is 12.1 Å². The summed E-state index contributed by atoms with van der Waals surface area (Å²) in [6, 6.07) is 73.3. The van der Waals surface area contributed by atoms with Gasteiger partial charge in [0, 0.05) is 78.0 Å². The van der Waals surface area contributed by atoms with Gasteiger partial charge in [0.2, 0.25) is 0 Å². The number of anilines is 4. The van der Waals surface area contributed by atoms with E-state index in [1.54, 1.807) is 0 Å². The molecule has 0 radical (unpaired) electrons. The Morgan fingerprint density at radius 3 is 1.83 bits per heavy atom. The Hall–Kier alpha value is -7.20. The van der Waals surface area contributed by atoms with Gasteiger partial charge in [0.25, 0.3) is 0 Å². The third-order valence-corrected chi connectivity index (χ3v) is 12.3. The van der Waals surface area contributed by atoms with Crippen LogP contribution in [0.5, 0.6) is 11.5 Å². The van der Waals surface area contributed by atoms with Gasteiger partial charge in [-0.1, -0.05) is 160 Å². The topological polar surface area (TPSA) is 33.5 Å². The number of benzene rings is 8. The molecule has 320 valence electrons. The molecule has 0 aliphatic carbocycles. The largest absolute Gasteiger partial charge is 0.509 e. The van der Waals surface area contributed by atoms with Crippen LogP contribution in [0.1, 0.15) is 31.9 Å². The molecule has 0 atom stereocenters. The van der Waals surface area contributed by atoms with Gasteiger partial charge < -0.3 is 19.1 Å². The van der Waals surface area contributed by atoms with Crippen molar-refractivity contribution in [3.63, 3.8) is 0 Å². The Kier molecular flexibility index (Phi) is 11.0. The molecule has 0 unspecified atom stereocenters. The first-order valence-electron chi connectivity index (χ1n) is 21.8. The zero-order valence-electron chi connectivity index (χ0n) is 36.6. The fourth-order valence-corrected chi connectivity index (χ4v) is 9.03. The van der Waals surface area contributed by atoms with Crippen LogP contribution >= 0.6 is 0 Å². The number of ether oxygens (including phenoxy) is 1. The predicted octanol–water partition coefficient (Wildman–Crippen LogP) is 15.6. The third kappa shape index (κ3) is 7.70. The molecule has 0 bridgehead atoms. The molecule has 1 aliphatic rings. The van der Waals surface area contributed by atoms with E-state index in [2.05, 4.69) is 225 Å². The Morgan fingerprint density at radius 2 is 1.14 bits per heavy atom. The van der Waals surface area contributed by atoms with Gasteiger partial charge in [-0.3, -0.25) is 0 Å². The summed E-state index contributed by atoms with van der Waals surface area (Å²) in [4.78, 5) is 9.55. The summed E-state index contributed by atoms with van der Waals surface area (Å²) in [5.41, 5.74) is 15.4. The van der Waals surface area contributed by atoms with Crippen LogP contribution in [-0.4, -0.2) is 9.55 Å².